The Morgan fingerprint density at radius 1 is 1.15 bits per heavy atom. The Labute approximate surface area is 160 Å². The van der Waals surface area contributed by atoms with Gasteiger partial charge < -0.3 is 14.5 Å². The fourth-order valence-corrected chi connectivity index (χ4v) is 4.19. The molecule has 27 heavy (non-hydrogen) atoms. The zero-order chi connectivity index (χ0) is 18.8. The monoisotopic (exact) mass is 374 g/mol. The first-order valence-corrected chi connectivity index (χ1v) is 10.3. The van der Waals surface area contributed by atoms with Crippen molar-refractivity contribution in [3.05, 3.63) is 28.2 Å². The molecule has 2 saturated heterocycles. The third-order valence-corrected chi connectivity index (χ3v) is 6.07. The maximum atomic E-state index is 12.1. The van der Waals surface area contributed by atoms with Crippen LogP contribution in [0.1, 0.15) is 44.2 Å². The Kier molecular flexibility index (Phi) is 5.59. The van der Waals surface area contributed by atoms with Crippen molar-refractivity contribution in [3.8, 4) is 0 Å². The van der Waals surface area contributed by atoms with Crippen molar-refractivity contribution in [2.24, 2.45) is 5.92 Å². The summed E-state index contributed by atoms with van der Waals surface area (Å²) in [5.41, 5.74) is 1.10. The smallest absolute Gasteiger partial charge is 0.266 e. The highest BCUT2D eigenvalue weighted by Crippen LogP contribution is 2.38. The molecule has 1 atom stereocenters. The van der Waals surface area contributed by atoms with Crippen molar-refractivity contribution in [1.29, 1.82) is 0 Å². The van der Waals surface area contributed by atoms with Gasteiger partial charge in [0.25, 0.3) is 5.56 Å². The number of hydrogen-bond acceptors (Lipinski definition) is 5. The van der Waals surface area contributed by atoms with E-state index in [9.17, 15) is 9.59 Å². The maximum Gasteiger partial charge on any atom is 0.266 e. The van der Waals surface area contributed by atoms with Crippen molar-refractivity contribution in [2.45, 2.75) is 51.2 Å². The van der Waals surface area contributed by atoms with Gasteiger partial charge in [-0.25, -0.2) is 4.68 Å². The molecule has 1 unspecified atom stereocenters. The predicted octanol–water partition coefficient (Wildman–Crippen LogP) is 1.08. The summed E-state index contributed by atoms with van der Waals surface area (Å²) in [5, 5.41) is 4.60. The number of likely N-dealkylation sites (tertiary alicyclic amines) is 1. The number of amides is 1. The van der Waals surface area contributed by atoms with Crippen LogP contribution in [0.5, 0.6) is 0 Å². The van der Waals surface area contributed by atoms with Gasteiger partial charge in [0.05, 0.1) is 18.4 Å². The lowest BCUT2D eigenvalue weighted by molar-refractivity contribution is -0.137. The van der Waals surface area contributed by atoms with E-state index in [4.69, 9.17) is 4.74 Å². The number of morpholine rings is 1. The van der Waals surface area contributed by atoms with E-state index in [0.29, 0.717) is 31.5 Å². The number of aromatic nitrogens is 2. The second-order valence-corrected chi connectivity index (χ2v) is 8.25. The van der Waals surface area contributed by atoms with Crippen LogP contribution in [0.3, 0.4) is 0 Å². The summed E-state index contributed by atoms with van der Waals surface area (Å²) in [6, 6.07) is 3.57. The Hall–Kier alpha value is -1.73. The van der Waals surface area contributed by atoms with Crippen LogP contribution in [-0.2, 0) is 16.1 Å². The number of nitrogens with zero attached hydrogens (tertiary/aromatic N) is 4. The summed E-state index contributed by atoms with van der Waals surface area (Å²) < 4.78 is 7.53. The molecule has 0 spiro atoms. The molecule has 0 N–H and O–H groups in total. The molecule has 1 saturated carbocycles. The third-order valence-electron chi connectivity index (χ3n) is 6.07. The van der Waals surface area contributed by atoms with Crippen LogP contribution in [0.2, 0.25) is 0 Å². The summed E-state index contributed by atoms with van der Waals surface area (Å²) >= 11 is 0. The van der Waals surface area contributed by atoms with E-state index < -0.39 is 0 Å². The molecule has 0 bridgehead atoms. The quantitative estimate of drug-likeness (QED) is 0.772. The first-order valence-electron chi connectivity index (χ1n) is 10.3. The van der Waals surface area contributed by atoms with E-state index in [1.165, 1.54) is 12.8 Å². The molecule has 1 aliphatic carbocycles. The van der Waals surface area contributed by atoms with Crippen LogP contribution >= 0.6 is 0 Å². The third kappa shape index (κ3) is 4.76. The van der Waals surface area contributed by atoms with Gasteiger partial charge in [-0.1, -0.05) is 0 Å². The zero-order valence-electron chi connectivity index (χ0n) is 16.2. The lowest BCUT2D eigenvalue weighted by Crippen LogP contribution is -2.50. The normalized spacial score (nSPS) is 24.9. The molecule has 4 rings (SSSR count). The molecule has 1 amide bonds. The molecule has 1 aromatic heterocycles. The van der Waals surface area contributed by atoms with E-state index in [1.807, 2.05) is 11.0 Å². The molecule has 0 radical (unpaired) electrons. The average Bonchev–Trinajstić information content (AvgIpc) is 3.50. The van der Waals surface area contributed by atoms with Gasteiger partial charge in [-0.05, 0) is 50.8 Å². The van der Waals surface area contributed by atoms with E-state index >= 15 is 0 Å². The molecule has 7 nitrogen and oxygen atoms in total. The van der Waals surface area contributed by atoms with Gasteiger partial charge in [0, 0.05) is 45.1 Å². The van der Waals surface area contributed by atoms with Crippen LogP contribution in [0.15, 0.2) is 16.9 Å². The maximum absolute atomic E-state index is 12.1. The predicted molar refractivity (Wildman–Crippen MR) is 102 cm³/mol. The lowest BCUT2D eigenvalue weighted by Gasteiger charge is -2.38. The summed E-state index contributed by atoms with van der Waals surface area (Å²) in [4.78, 5) is 28.0. The van der Waals surface area contributed by atoms with Gasteiger partial charge in [-0.15, -0.1) is 0 Å². The first kappa shape index (κ1) is 18.6. The van der Waals surface area contributed by atoms with Gasteiger partial charge in [-0.2, -0.15) is 5.10 Å². The molecule has 3 aliphatic rings. The molecule has 1 aromatic rings. The van der Waals surface area contributed by atoms with E-state index in [1.54, 1.807) is 17.7 Å². The van der Waals surface area contributed by atoms with Crippen molar-refractivity contribution >= 4 is 5.91 Å². The van der Waals surface area contributed by atoms with Crippen molar-refractivity contribution in [2.75, 3.05) is 39.3 Å². The fraction of sp³-hybridized carbons (Fsp3) is 0.750. The summed E-state index contributed by atoms with van der Waals surface area (Å²) in [7, 11) is 0. The molecule has 148 valence electrons. The number of carbonyl (C=O) groups excluding carboxylic acids is 1. The Balaban J connectivity index is 1.26. The summed E-state index contributed by atoms with van der Waals surface area (Å²) in [5.74, 6) is 1.21. The summed E-state index contributed by atoms with van der Waals surface area (Å²) in [6.07, 6.45) is 4.66. The molecule has 7 heteroatoms. The Bertz CT molecular complexity index is 722. The number of piperidine rings is 1. The highest BCUT2D eigenvalue weighted by molar-refractivity contribution is 5.73. The van der Waals surface area contributed by atoms with E-state index in [0.717, 1.165) is 44.7 Å². The fourth-order valence-electron chi connectivity index (χ4n) is 4.19. The molecule has 2 aliphatic heterocycles. The molecular formula is C20H30N4O3. The molecule has 3 fully saturated rings. The molecule has 0 aromatic carbocycles. The van der Waals surface area contributed by atoms with Crippen molar-refractivity contribution < 1.29 is 9.53 Å². The van der Waals surface area contributed by atoms with Crippen LogP contribution in [-0.4, -0.2) is 70.9 Å². The Morgan fingerprint density at radius 3 is 2.63 bits per heavy atom. The van der Waals surface area contributed by atoms with Crippen molar-refractivity contribution in [1.82, 2.24) is 19.6 Å². The van der Waals surface area contributed by atoms with E-state index in [-0.39, 0.29) is 17.6 Å². The van der Waals surface area contributed by atoms with Gasteiger partial charge >= 0.3 is 0 Å². The van der Waals surface area contributed by atoms with Gasteiger partial charge in [0.15, 0.2) is 0 Å². The second-order valence-electron chi connectivity index (χ2n) is 8.25. The first-order chi connectivity index (χ1) is 13.1. The second kappa shape index (κ2) is 8.10. The minimum atomic E-state index is 0.0155. The van der Waals surface area contributed by atoms with E-state index in [2.05, 4.69) is 10.00 Å². The molecule has 3 heterocycles. The molecular weight excluding hydrogens is 344 g/mol. The van der Waals surface area contributed by atoms with Gasteiger partial charge in [-0.3, -0.25) is 9.59 Å². The summed E-state index contributed by atoms with van der Waals surface area (Å²) in [6.45, 7) is 7.30. The minimum absolute atomic E-state index is 0.0155. The van der Waals surface area contributed by atoms with Crippen LogP contribution in [0, 0.1) is 5.92 Å². The highest BCUT2D eigenvalue weighted by atomic mass is 16.5. The zero-order valence-corrected chi connectivity index (χ0v) is 16.2. The Morgan fingerprint density at radius 2 is 1.93 bits per heavy atom. The largest absolute Gasteiger partial charge is 0.373 e. The number of rotatable bonds is 5. The van der Waals surface area contributed by atoms with Crippen LogP contribution in [0.25, 0.3) is 0 Å². The lowest BCUT2D eigenvalue weighted by atomic mass is 9.96. The van der Waals surface area contributed by atoms with Crippen molar-refractivity contribution in [3.63, 3.8) is 0 Å². The minimum Gasteiger partial charge on any atom is -0.373 e. The SMILES string of the molecule is CC(=O)N1CCOC(CN2CCC(Cn3nc(C4CC4)ccc3=O)CC2)C1. The van der Waals surface area contributed by atoms with Crippen LogP contribution in [0.4, 0.5) is 0 Å². The van der Waals surface area contributed by atoms with Gasteiger partial charge in [0.1, 0.15) is 0 Å². The van der Waals surface area contributed by atoms with Crippen LogP contribution < -0.4 is 5.56 Å². The number of ether oxygens (including phenoxy) is 1. The number of hydrogen-bond donors (Lipinski definition) is 0. The topological polar surface area (TPSA) is 67.7 Å². The standard InChI is InChI=1S/C20H30N4O3/c1-15(25)23-10-11-27-18(14-23)13-22-8-6-16(7-9-22)12-24-20(26)5-4-19(21-24)17-2-3-17/h4-5,16-18H,2-3,6-14H2,1H3. The average molecular weight is 374 g/mol. The highest BCUT2D eigenvalue weighted by Gasteiger charge is 2.28. The number of carbonyl (C=O) groups is 1. The van der Waals surface area contributed by atoms with Gasteiger partial charge in [0.2, 0.25) is 5.91 Å².